The molecule has 122 valence electrons. The van der Waals surface area contributed by atoms with Crippen molar-refractivity contribution in [1.29, 1.82) is 0 Å². The van der Waals surface area contributed by atoms with Crippen molar-refractivity contribution in [2.45, 2.75) is 13.0 Å². The van der Waals surface area contributed by atoms with Crippen molar-refractivity contribution >= 4 is 5.95 Å². The van der Waals surface area contributed by atoms with Crippen molar-refractivity contribution < 1.29 is 10.2 Å². The number of nitrogens with zero attached hydrogens (tertiary/aromatic N) is 4. The molecule has 2 aromatic rings. The Morgan fingerprint density at radius 2 is 1.78 bits per heavy atom. The van der Waals surface area contributed by atoms with Crippen LogP contribution in [0.3, 0.4) is 0 Å². The van der Waals surface area contributed by atoms with Gasteiger partial charge in [-0.05, 0) is 5.56 Å². The third-order valence-corrected chi connectivity index (χ3v) is 4.11. The second-order valence-corrected chi connectivity index (χ2v) is 5.74. The van der Waals surface area contributed by atoms with Gasteiger partial charge in [-0.2, -0.15) is 4.98 Å². The minimum atomic E-state index is -0.0317. The monoisotopic (exact) mass is 314 g/mol. The smallest absolute Gasteiger partial charge is 0.228 e. The fourth-order valence-corrected chi connectivity index (χ4v) is 2.79. The number of aromatic nitrogens is 2. The topological polar surface area (TPSA) is 72.7 Å². The number of benzene rings is 1. The van der Waals surface area contributed by atoms with Crippen LogP contribution in [0.25, 0.3) is 0 Å². The first-order valence-corrected chi connectivity index (χ1v) is 7.93. The number of rotatable bonds is 5. The predicted octanol–water partition coefficient (Wildman–Crippen LogP) is 1.04. The van der Waals surface area contributed by atoms with E-state index in [1.54, 1.807) is 6.20 Å². The Labute approximate surface area is 136 Å². The number of hydrogen-bond acceptors (Lipinski definition) is 6. The zero-order valence-electron chi connectivity index (χ0n) is 13.1. The number of aliphatic hydroxyl groups excluding tert-OH is 1. The Balaban J connectivity index is 1.57. The van der Waals surface area contributed by atoms with E-state index in [1.807, 2.05) is 6.07 Å². The minimum absolute atomic E-state index is 0.0194. The van der Waals surface area contributed by atoms with Crippen LogP contribution in [0.15, 0.2) is 36.5 Å². The molecule has 1 fully saturated rings. The molecule has 0 saturated carbocycles. The first kappa shape index (κ1) is 15.7. The van der Waals surface area contributed by atoms with E-state index >= 15 is 0 Å². The fraction of sp³-hybridized carbons (Fsp3) is 0.412. The lowest BCUT2D eigenvalue weighted by Gasteiger charge is -2.34. The van der Waals surface area contributed by atoms with Crippen LogP contribution in [0.1, 0.15) is 11.1 Å². The minimum Gasteiger partial charge on any atom is -0.493 e. The third kappa shape index (κ3) is 3.97. The van der Waals surface area contributed by atoms with Crippen molar-refractivity contribution in [3.8, 4) is 5.88 Å². The van der Waals surface area contributed by atoms with Crippen molar-refractivity contribution in [3.63, 3.8) is 0 Å². The van der Waals surface area contributed by atoms with E-state index in [2.05, 4.69) is 44.0 Å². The summed E-state index contributed by atoms with van der Waals surface area (Å²) in [7, 11) is 0. The highest BCUT2D eigenvalue weighted by Gasteiger charge is 2.20. The van der Waals surface area contributed by atoms with Crippen LogP contribution >= 0.6 is 0 Å². The highest BCUT2D eigenvalue weighted by molar-refractivity contribution is 5.36. The molecule has 0 amide bonds. The molecule has 1 saturated heterocycles. The summed E-state index contributed by atoms with van der Waals surface area (Å²) >= 11 is 0. The number of hydrogen-bond donors (Lipinski definition) is 2. The van der Waals surface area contributed by atoms with Crippen LogP contribution in [0.5, 0.6) is 5.88 Å². The molecule has 0 unspecified atom stereocenters. The van der Waals surface area contributed by atoms with Crippen LogP contribution in [0.4, 0.5) is 5.95 Å². The summed E-state index contributed by atoms with van der Waals surface area (Å²) in [6.07, 6.45) is 1.97. The molecule has 1 aliphatic rings. The molecule has 0 atom stereocenters. The molecule has 1 aromatic carbocycles. The molecule has 0 bridgehead atoms. The fourth-order valence-electron chi connectivity index (χ4n) is 2.79. The lowest BCUT2D eigenvalue weighted by molar-refractivity contribution is 0.248. The molecule has 0 aliphatic carbocycles. The van der Waals surface area contributed by atoms with Gasteiger partial charge in [-0.15, -0.1) is 0 Å². The molecule has 6 heteroatoms. The van der Waals surface area contributed by atoms with E-state index in [0.717, 1.165) is 32.7 Å². The number of piperazine rings is 1. The van der Waals surface area contributed by atoms with Gasteiger partial charge in [0.1, 0.15) is 0 Å². The molecule has 23 heavy (non-hydrogen) atoms. The molecule has 2 N–H and O–H groups in total. The first-order valence-electron chi connectivity index (χ1n) is 7.93. The summed E-state index contributed by atoms with van der Waals surface area (Å²) in [5, 5.41) is 18.8. The second-order valence-electron chi connectivity index (χ2n) is 5.74. The van der Waals surface area contributed by atoms with E-state index < -0.39 is 0 Å². The number of anilines is 1. The van der Waals surface area contributed by atoms with Gasteiger partial charge < -0.3 is 15.1 Å². The molecular formula is C17H22N4O2. The normalized spacial score (nSPS) is 15.8. The van der Waals surface area contributed by atoms with Crippen LogP contribution in [0, 0.1) is 0 Å². The van der Waals surface area contributed by atoms with Gasteiger partial charge in [0.2, 0.25) is 11.8 Å². The van der Waals surface area contributed by atoms with Gasteiger partial charge in [-0.3, -0.25) is 4.90 Å². The highest BCUT2D eigenvalue weighted by atomic mass is 16.3. The van der Waals surface area contributed by atoms with Crippen molar-refractivity contribution in [3.05, 3.63) is 47.7 Å². The molecule has 0 radical (unpaired) electrons. The van der Waals surface area contributed by atoms with Crippen LogP contribution in [-0.2, 0) is 13.0 Å². The van der Waals surface area contributed by atoms with Crippen molar-refractivity contribution in [1.82, 2.24) is 14.9 Å². The Morgan fingerprint density at radius 3 is 2.43 bits per heavy atom. The van der Waals surface area contributed by atoms with Gasteiger partial charge in [0.05, 0.1) is 0 Å². The quantitative estimate of drug-likeness (QED) is 0.859. The SMILES string of the molecule is OCCc1cnc(N2CCN(Cc3ccccc3)CC2)nc1O. The van der Waals surface area contributed by atoms with Gasteiger partial charge in [0, 0.05) is 57.5 Å². The Morgan fingerprint density at radius 1 is 1.04 bits per heavy atom. The van der Waals surface area contributed by atoms with Gasteiger partial charge in [-0.25, -0.2) is 4.98 Å². The molecule has 1 aliphatic heterocycles. The second kappa shape index (κ2) is 7.39. The van der Waals surface area contributed by atoms with Crippen LogP contribution in [0.2, 0.25) is 0 Å². The van der Waals surface area contributed by atoms with E-state index in [0.29, 0.717) is 17.9 Å². The molecule has 3 rings (SSSR count). The number of aliphatic hydroxyl groups is 1. The molecule has 0 spiro atoms. The first-order chi connectivity index (χ1) is 11.3. The van der Waals surface area contributed by atoms with E-state index in [-0.39, 0.29) is 12.5 Å². The average Bonchev–Trinajstić information content (AvgIpc) is 2.58. The predicted molar refractivity (Wildman–Crippen MR) is 88.4 cm³/mol. The maximum atomic E-state index is 9.90. The summed E-state index contributed by atoms with van der Waals surface area (Å²) in [4.78, 5) is 13.0. The summed E-state index contributed by atoms with van der Waals surface area (Å²) in [6.45, 7) is 4.50. The third-order valence-electron chi connectivity index (χ3n) is 4.11. The number of aromatic hydroxyl groups is 1. The van der Waals surface area contributed by atoms with Gasteiger partial charge in [0.25, 0.3) is 0 Å². The summed E-state index contributed by atoms with van der Waals surface area (Å²) in [5.41, 5.74) is 1.90. The van der Waals surface area contributed by atoms with Gasteiger partial charge >= 0.3 is 0 Å². The standard InChI is InChI=1S/C17H22N4O2/c22-11-6-15-12-18-17(19-16(15)23)21-9-7-20(8-10-21)13-14-4-2-1-3-5-14/h1-5,12,22H,6-11,13H2,(H,18,19,23). The molecule has 1 aromatic heterocycles. The molecule has 2 heterocycles. The maximum Gasteiger partial charge on any atom is 0.228 e. The molecular weight excluding hydrogens is 292 g/mol. The Bertz CT molecular complexity index is 628. The maximum absolute atomic E-state index is 9.90. The largest absolute Gasteiger partial charge is 0.493 e. The highest BCUT2D eigenvalue weighted by Crippen LogP contribution is 2.19. The Hall–Kier alpha value is -2.18. The van der Waals surface area contributed by atoms with E-state index in [1.165, 1.54) is 5.56 Å². The van der Waals surface area contributed by atoms with Crippen molar-refractivity contribution in [2.75, 3.05) is 37.7 Å². The van der Waals surface area contributed by atoms with Gasteiger partial charge in [0.15, 0.2) is 0 Å². The zero-order chi connectivity index (χ0) is 16.1. The van der Waals surface area contributed by atoms with Crippen LogP contribution in [-0.4, -0.2) is 57.9 Å². The zero-order valence-corrected chi connectivity index (χ0v) is 13.1. The van der Waals surface area contributed by atoms with Gasteiger partial charge in [-0.1, -0.05) is 30.3 Å². The lowest BCUT2D eigenvalue weighted by atomic mass is 10.2. The lowest BCUT2D eigenvalue weighted by Crippen LogP contribution is -2.46. The average molecular weight is 314 g/mol. The van der Waals surface area contributed by atoms with E-state index in [4.69, 9.17) is 5.11 Å². The molecule has 6 nitrogen and oxygen atoms in total. The summed E-state index contributed by atoms with van der Waals surface area (Å²) in [5.74, 6) is 0.527. The van der Waals surface area contributed by atoms with Crippen molar-refractivity contribution in [2.24, 2.45) is 0 Å². The van der Waals surface area contributed by atoms with Crippen LogP contribution < -0.4 is 4.90 Å². The summed E-state index contributed by atoms with van der Waals surface area (Å²) in [6, 6.07) is 10.5. The van der Waals surface area contributed by atoms with E-state index in [9.17, 15) is 5.11 Å². The Kier molecular flexibility index (Phi) is 5.05. The summed E-state index contributed by atoms with van der Waals surface area (Å²) < 4.78 is 0.